The third-order valence-electron chi connectivity index (χ3n) is 2.34. The molecule has 0 heterocycles. The molecule has 0 saturated heterocycles. The average molecular weight is 255 g/mol. The molecule has 1 aliphatic rings. The van der Waals surface area contributed by atoms with E-state index in [-0.39, 0.29) is 11.7 Å². The zero-order valence-electron chi connectivity index (χ0n) is 8.80. The fourth-order valence-electron chi connectivity index (χ4n) is 1.66. The molecule has 1 nitrogen and oxygen atoms in total. The zero-order valence-corrected chi connectivity index (χ0v) is 10.4. The molecule has 1 unspecified atom stereocenters. The summed E-state index contributed by atoms with van der Waals surface area (Å²) in [7, 11) is 0. The van der Waals surface area contributed by atoms with Crippen LogP contribution in [0.25, 0.3) is 0 Å². The molecular weight excluding hydrogens is 240 g/mol. The first kappa shape index (κ1) is 11.4. The highest BCUT2D eigenvalue weighted by Crippen LogP contribution is 2.31. The first-order valence-electron chi connectivity index (χ1n) is 5.01. The number of benzene rings is 1. The lowest BCUT2D eigenvalue weighted by atomic mass is 10.1. The first-order valence-corrected chi connectivity index (χ1v) is 5.81. The molecule has 14 heavy (non-hydrogen) atoms. The Morgan fingerprint density at radius 3 is 2.57 bits per heavy atom. The van der Waals surface area contributed by atoms with Gasteiger partial charge in [-0.15, -0.1) is 0 Å². The summed E-state index contributed by atoms with van der Waals surface area (Å²) < 4.78 is 1.07. The maximum absolute atomic E-state index is 11.5. The van der Waals surface area contributed by atoms with Crippen LogP contribution in [0, 0.1) is 5.92 Å². The van der Waals surface area contributed by atoms with Crippen LogP contribution in [-0.4, -0.2) is 5.78 Å². The minimum Gasteiger partial charge on any atom is -0.294 e. The first-order chi connectivity index (χ1) is 6.70. The van der Waals surface area contributed by atoms with Gasteiger partial charge >= 0.3 is 0 Å². The highest BCUT2D eigenvalue weighted by atomic mass is 79.9. The number of carbonyl (C=O) groups is 1. The van der Waals surface area contributed by atoms with Gasteiger partial charge in [0.2, 0.25) is 0 Å². The summed E-state index contributed by atoms with van der Waals surface area (Å²) in [6.45, 7) is 5.98. The van der Waals surface area contributed by atoms with Crippen molar-refractivity contribution < 1.29 is 4.79 Å². The van der Waals surface area contributed by atoms with Crippen LogP contribution in [0.4, 0.5) is 0 Å². The Kier molecular flexibility index (Phi) is 3.87. The Morgan fingerprint density at radius 1 is 1.36 bits per heavy atom. The third-order valence-corrected chi connectivity index (χ3v) is 3.09. The predicted octanol–water partition coefficient (Wildman–Crippen LogP) is 3.85. The van der Waals surface area contributed by atoms with Gasteiger partial charge in [-0.1, -0.05) is 48.8 Å². The van der Waals surface area contributed by atoms with E-state index in [1.165, 1.54) is 5.56 Å². The molecule has 0 aromatic heterocycles. The second-order valence-corrected chi connectivity index (χ2v) is 4.09. The average Bonchev–Trinajstić information content (AvgIpc) is 2.50. The van der Waals surface area contributed by atoms with E-state index in [2.05, 4.69) is 15.9 Å². The van der Waals surface area contributed by atoms with E-state index in [1.807, 2.05) is 39.0 Å². The van der Waals surface area contributed by atoms with Crippen LogP contribution in [0.2, 0.25) is 0 Å². The molecular formula is C12H15BrO. The van der Waals surface area contributed by atoms with Crippen LogP contribution in [0.15, 0.2) is 22.7 Å². The van der Waals surface area contributed by atoms with E-state index in [4.69, 9.17) is 0 Å². The van der Waals surface area contributed by atoms with Crippen LogP contribution in [0.3, 0.4) is 0 Å². The van der Waals surface area contributed by atoms with Gasteiger partial charge in [0.05, 0.1) is 0 Å². The Labute approximate surface area is 93.7 Å². The Hall–Kier alpha value is -0.630. The van der Waals surface area contributed by atoms with E-state index in [0.29, 0.717) is 0 Å². The van der Waals surface area contributed by atoms with E-state index in [0.717, 1.165) is 16.5 Å². The topological polar surface area (TPSA) is 17.1 Å². The summed E-state index contributed by atoms with van der Waals surface area (Å²) in [6.07, 6.45) is 0.885. The summed E-state index contributed by atoms with van der Waals surface area (Å²) in [5.74, 6) is 0.449. The van der Waals surface area contributed by atoms with Gasteiger partial charge in [-0.05, 0) is 18.1 Å². The number of hydrogen-bond donors (Lipinski definition) is 0. The van der Waals surface area contributed by atoms with Crippen molar-refractivity contribution in [2.45, 2.75) is 27.2 Å². The summed E-state index contributed by atoms with van der Waals surface area (Å²) in [5.41, 5.74) is 2.08. The quantitative estimate of drug-likeness (QED) is 0.688. The van der Waals surface area contributed by atoms with Crippen molar-refractivity contribution in [3.8, 4) is 0 Å². The molecule has 0 bridgehead atoms. The lowest BCUT2D eigenvalue weighted by Gasteiger charge is -1.98. The summed E-state index contributed by atoms with van der Waals surface area (Å²) in [5, 5.41) is 0. The number of hydrogen-bond acceptors (Lipinski definition) is 1. The monoisotopic (exact) mass is 254 g/mol. The maximum atomic E-state index is 11.5. The number of carbonyl (C=O) groups excluding carboxylic acids is 1. The van der Waals surface area contributed by atoms with Crippen molar-refractivity contribution in [1.82, 2.24) is 0 Å². The number of Topliss-reactive ketones (excluding diaryl/α,β-unsaturated/α-hetero) is 1. The van der Waals surface area contributed by atoms with Crippen molar-refractivity contribution in [2.75, 3.05) is 0 Å². The normalized spacial score (nSPS) is 18.6. The Morgan fingerprint density at radius 2 is 2.00 bits per heavy atom. The lowest BCUT2D eigenvalue weighted by Crippen LogP contribution is -2.02. The third kappa shape index (κ3) is 1.90. The van der Waals surface area contributed by atoms with E-state index >= 15 is 0 Å². The molecule has 0 saturated carbocycles. The van der Waals surface area contributed by atoms with Gasteiger partial charge in [0, 0.05) is 16.0 Å². The van der Waals surface area contributed by atoms with Crippen LogP contribution in [0.1, 0.15) is 36.7 Å². The fourth-order valence-corrected chi connectivity index (χ4v) is 2.19. The van der Waals surface area contributed by atoms with Gasteiger partial charge in [0.15, 0.2) is 5.78 Å². The molecule has 1 aromatic carbocycles. The standard InChI is InChI=1S/C10H9BrO.C2H6/c1-6-5-8-7(10(6)12)3-2-4-9(8)11;1-2/h2-4,6H,5H2,1H3;1-2H3. The van der Waals surface area contributed by atoms with Crippen LogP contribution in [-0.2, 0) is 6.42 Å². The summed E-state index contributed by atoms with van der Waals surface area (Å²) in [4.78, 5) is 11.5. The minimum absolute atomic E-state index is 0.165. The highest BCUT2D eigenvalue weighted by Gasteiger charge is 2.27. The molecule has 0 fully saturated rings. The summed E-state index contributed by atoms with van der Waals surface area (Å²) >= 11 is 3.45. The zero-order chi connectivity index (χ0) is 10.7. The van der Waals surface area contributed by atoms with Gasteiger partial charge in [0.1, 0.15) is 0 Å². The molecule has 2 heteroatoms. The minimum atomic E-state index is 0.165. The fraction of sp³-hybridized carbons (Fsp3) is 0.417. The molecule has 0 N–H and O–H groups in total. The van der Waals surface area contributed by atoms with Gasteiger partial charge in [-0.25, -0.2) is 0 Å². The predicted molar refractivity (Wildman–Crippen MR) is 62.7 cm³/mol. The highest BCUT2D eigenvalue weighted by molar-refractivity contribution is 9.10. The van der Waals surface area contributed by atoms with E-state index in [9.17, 15) is 4.79 Å². The lowest BCUT2D eigenvalue weighted by molar-refractivity contribution is 0.0946. The molecule has 0 amide bonds. The Balaban J connectivity index is 0.000000461. The number of fused-ring (bicyclic) bond motifs is 1. The molecule has 0 radical (unpaired) electrons. The van der Waals surface area contributed by atoms with Crippen LogP contribution in [0.5, 0.6) is 0 Å². The molecule has 2 rings (SSSR count). The Bertz CT molecular complexity index is 344. The molecule has 0 aliphatic heterocycles. The molecule has 1 aliphatic carbocycles. The van der Waals surface area contributed by atoms with E-state index < -0.39 is 0 Å². The van der Waals surface area contributed by atoms with Gasteiger partial charge in [0.25, 0.3) is 0 Å². The second-order valence-electron chi connectivity index (χ2n) is 3.24. The maximum Gasteiger partial charge on any atom is 0.166 e. The number of halogens is 1. The largest absolute Gasteiger partial charge is 0.294 e. The second kappa shape index (κ2) is 4.74. The molecule has 1 atom stereocenters. The van der Waals surface area contributed by atoms with Crippen molar-refractivity contribution in [2.24, 2.45) is 5.92 Å². The SMILES string of the molecule is CC.CC1Cc2c(Br)cccc2C1=O. The van der Waals surface area contributed by atoms with Crippen molar-refractivity contribution >= 4 is 21.7 Å². The van der Waals surface area contributed by atoms with Gasteiger partial charge in [-0.3, -0.25) is 4.79 Å². The van der Waals surface area contributed by atoms with Crippen LogP contribution < -0.4 is 0 Å². The number of rotatable bonds is 0. The van der Waals surface area contributed by atoms with Crippen molar-refractivity contribution in [3.05, 3.63) is 33.8 Å². The van der Waals surface area contributed by atoms with Crippen molar-refractivity contribution in [3.63, 3.8) is 0 Å². The van der Waals surface area contributed by atoms with Crippen LogP contribution >= 0.6 is 15.9 Å². The summed E-state index contributed by atoms with van der Waals surface area (Å²) in [6, 6.07) is 5.81. The molecule has 76 valence electrons. The molecule has 0 spiro atoms. The van der Waals surface area contributed by atoms with Gasteiger partial charge in [-0.2, -0.15) is 0 Å². The number of ketones is 1. The molecule has 1 aromatic rings. The van der Waals surface area contributed by atoms with Crippen molar-refractivity contribution in [1.29, 1.82) is 0 Å². The van der Waals surface area contributed by atoms with Gasteiger partial charge < -0.3 is 0 Å². The van der Waals surface area contributed by atoms with E-state index in [1.54, 1.807) is 0 Å². The smallest absolute Gasteiger partial charge is 0.166 e.